The number of thioether (sulfide) groups is 1. The summed E-state index contributed by atoms with van der Waals surface area (Å²) in [5.74, 6) is 1.18. The Morgan fingerprint density at radius 1 is 1.06 bits per heavy atom. The van der Waals surface area contributed by atoms with Gasteiger partial charge in [-0.25, -0.2) is 0 Å². The van der Waals surface area contributed by atoms with E-state index in [1.807, 2.05) is 19.1 Å². The Balaban J connectivity index is 1.72. The molecule has 1 fully saturated rings. The lowest BCUT2D eigenvalue weighted by atomic mass is 10.1. The van der Waals surface area contributed by atoms with Gasteiger partial charge in [-0.2, -0.15) is 0 Å². The zero-order chi connectivity index (χ0) is 23.8. The van der Waals surface area contributed by atoms with E-state index in [9.17, 15) is 9.59 Å². The van der Waals surface area contributed by atoms with Crippen LogP contribution in [0, 0.1) is 20.8 Å². The Bertz CT molecular complexity index is 932. The lowest BCUT2D eigenvalue weighted by Crippen LogP contribution is -2.51. The van der Waals surface area contributed by atoms with E-state index in [-0.39, 0.29) is 17.9 Å². The van der Waals surface area contributed by atoms with Crippen LogP contribution in [0.1, 0.15) is 66.8 Å². The van der Waals surface area contributed by atoms with E-state index in [0.717, 1.165) is 29.7 Å². The standard InChI is InChI=1S/C28H38N2O2S/c1-5-26(28(32)29-25-12-8-9-13-25)30(17-24-11-7-6-10-22(24)4)27(31)19-33-18-23-15-20(2)14-21(3)16-23/h6-7,10-11,14-16,25-26H,5,8-9,12-13,17-19H2,1-4H3,(H,29,32)/t26-/m1/s1. The normalized spacial score (nSPS) is 14.8. The van der Waals surface area contributed by atoms with Crippen LogP contribution in [-0.2, 0) is 21.9 Å². The molecule has 1 saturated carbocycles. The fourth-order valence-electron chi connectivity index (χ4n) is 4.75. The Morgan fingerprint density at radius 3 is 2.36 bits per heavy atom. The van der Waals surface area contributed by atoms with E-state index >= 15 is 0 Å². The van der Waals surface area contributed by atoms with Crippen LogP contribution in [0.15, 0.2) is 42.5 Å². The molecule has 4 nitrogen and oxygen atoms in total. The van der Waals surface area contributed by atoms with Gasteiger partial charge in [-0.05, 0) is 56.7 Å². The van der Waals surface area contributed by atoms with Crippen LogP contribution >= 0.6 is 11.8 Å². The molecule has 2 aromatic carbocycles. The Labute approximate surface area is 203 Å². The topological polar surface area (TPSA) is 49.4 Å². The molecule has 1 aliphatic carbocycles. The van der Waals surface area contributed by atoms with Crippen molar-refractivity contribution in [3.05, 3.63) is 70.3 Å². The third-order valence-electron chi connectivity index (χ3n) is 6.47. The number of nitrogens with one attached hydrogen (secondary N) is 1. The van der Waals surface area contributed by atoms with Crippen molar-refractivity contribution in [2.24, 2.45) is 0 Å². The van der Waals surface area contributed by atoms with Gasteiger partial charge in [0.25, 0.3) is 0 Å². The van der Waals surface area contributed by atoms with Crippen molar-refractivity contribution in [2.45, 2.75) is 84.2 Å². The summed E-state index contributed by atoms with van der Waals surface area (Å²) in [4.78, 5) is 28.5. The largest absolute Gasteiger partial charge is 0.352 e. The highest BCUT2D eigenvalue weighted by atomic mass is 32.2. The second-order valence-electron chi connectivity index (χ2n) is 9.35. The Kier molecular flexibility index (Phi) is 9.42. The number of hydrogen-bond donors (Lipinski definition) is 1. The molecule has 0 saturated heterocycles. The van der Waals surface area contributed by atoms with Crippen molar-refractivity contribution in [3.63, 3.8) is 0 Å². The third kappa shape index (κ3) is 7.36. The lowest BCUT2D eigenvalue weighted by Gasteiger charge is -2.32. The summed E-state index contributed by atoms with van der Waals surface area (Å²) in [7, 11) is 0. The van der Waals surface area contributed by atoms with Crippen LogP contribution in [0.4, 0.5) is 0 Å². The molecule has 178 valence electrons. The molecule has 0 aliphatic heterocycles. The number of hydrogen-bond acceptors (Lipinski definition) is 3. The molecule has 0 radical (unpaired) electrons. The molecule has 0 unspecified atom stereocenters. The molecule has 0 spiro atoms. The highest BCUT2D eigenvalue weighted by Crippen LogP contribution is 2.22. The van der Waals surface area contributed by atoms with E-state index in [1.54, 1.807) is 16.7 Å². The van der Waals surface area contributed by atoms with Crippen molar-refractivity contribution >= 4 is 23.6 Å². The number of carbonyl (C=O) groups is 2. The quantitative estimate of drug-likeness (QED) is 0.488. The van der Waals surface area contributed by atoms with Gasteiger partial charge < -0.3 is 10.2 Å². The fraction of sp³-hybridized carbons (Fsp3) is 0.500. The predicted molar refractivity (Wildman–Crippen MR) is 138 cm³/mol. The van der Waals surface area contributed by atoms with Crippen molar-refractivity contribution in [1.29, 1.82) is 0 Å². The minimum Gasteiger partial charge on any atom is -0.352 e. The lowest BCUT2D eigenvalue weighted by molar-refractivity contribution is -0.139. The maximum Gasteiger partial charge on any atom is 0.243 e. The number of benzene rings is 2. The summed E-state index contributed by atoms with van der Waals surface area (Å²) in [6.45, 7) is 8.73. The molecule has 0 bridgehead atoms. The van der Waals surface area contributed by atoms with Crippen LogP contribution in [0.5, 0.6) is 0 Å². The first-order valence-corrected chi connectivity index (χ1v) is 13.3. The van der Waals surface area contributed by atoms with Crippen molar-refractivity contribution < 1.29 is 9.59 Å². The third-order valence-corrected chi connectivity index (χ3v) is 7.45. The molecule has 1 N–H and O–H groups in total. The summed E-state index contributed by atoms with van der Waals surface area (Å²) in [6.07, 6.45) is 5.03. The second-order valence-corrected chi connectivity index (χ2v) is 10.3. The summed E-state index contributed by atoms with van der Waals surface area (Å²) < 4.78 is 0. The first kappa shape index (κ1) is 25.4. The average molecular weight is 467 g/mol. The summed E-state index contributed by atoms with van der Waals surface area (Å²) in [5, 5.41) is 3.22. The first-order valence-electron chi connectivity index (χ1n) is 12.2. The molecule has 3 rings (SSSR count). The number of nitrogens with zero attached hydrogens (tertiary/aromatic N) is 1. The van der Waals surface area contributed by atoms with Crippen LogP contribution < -0.4 is 5.32 Å². The molecule has 1 aliphatic rings. The van der Waals surface area contributed by atoms with E-state index in [1.165, 1.54) is 29.5 Å². The zero-order valence-corrected chi connectivity index (χ0v) is 21.3. The molecular weight excluding hydrogens is 428 g/mol. The first-order chi connectivity index (χ1) is 15.9. The summed E-state index contributed by atoms with van der Waals surface area (Å²) in [5.41, 5.74) is 5.96. The SMILES string of the molecule is CC[C@H](C(=O)NC1CCCC1)N(Cc1ccccc1C)C(=O)CSCc1cc(C)cc(C)c1. The van der Waals surface area contributed by atoms with E-state index < -0.39 is 6.04 Å². The molecule has 33 heavy (non-hydrogen) atoms. The van der Waals surface area contributed by atoms with Gasteiger partial charge in [0.1, 0.15) is 6.04 Å². The van der Waals surface area contributed by atoms with E-state index in [0.29, 0.717) is 18.7 Å². The Morgan fingerprint density at radius 2 is 1.73 bits per heavy atom. The van der Waals surface area contributed by atoms with Gasteiger partial charge in [0.15, 0.2) is 0 Å². The molecular formula is C28H38N2O2S. The smallest absolute Gasteiger partial charge is 0.243 e. The minimum atomic E-state index is -0.445. The van der Waals surface area contributed by atoms with Gasteiger partial charge in [0.05, 0.1) is 5.75 Å². The van der Waals surface area contributed by atoms with Gasteiger partial charge in [-0.15, -0.1) is 11.8 Å². The van der Waals surface area contributed by atoms with Crippen LogP contribution in [0.3, 0.4) is 0 Å². The van der Waals surface area contributed by atoms with Gasteiger partial charge in [-0.1, -0.05) is 73.4 Å². The van der Waals surface area contributed by atoms with E-state index in [4.69, 9.17) is 0 Å². The van der Waals surface area contributed by atoms with Gasteiger partial charge in [-0.3, -0.25) is 9.59 Å². The Hall–Kier alpha value is -2.27. The highest BCUT2D eigenvalue weighted by Gasteiger charge is 2.30. The maximum atomic E-state index is 13.5. The fourth-order valence-corrected chi connectivity index (χ4v) is 5.59. The molecule has 2 amide bonds. The number of rotatable bonds is 10. The van der Waals surface area contributed by atoms with E-state index in [2.05, 4.69) is 56.4 Å². The summed E-state index contributed by atoms with van der Waals surface area (Å²) in [6, 6.07) is 14.5. The number of carbonyl (C=O) groups excluding carboxylic acids is 2. The molecule has 1 atom stereocenters. The maximum absolute atomic E-state index is 13.5. The van der Waals surface area contributed by atoms with Crippen molar-refractivity contribution in [2.75, 3.05) is 5.75 Å². The molecule has 5 heteroatoms. The second kappa shape index (κ2) is 12.3. The number of aryl methyl sites for hydroxylation is 3. The van der Waals surface area contributed by atoms with Gasteiger partial charge >= 0.3 is 0 Å². The van der Waals surface area contributed by atoms with Crippen LogP contribution in [0.2, 0.25) is 0 Å². The number of amides is 2. The van der Waals surface area contributed by atoms with Crippen LogP contribution in [-0.4, -0.2) is 34.6 Å². The summed E-state index contributed by atoms with van der Waals surface area (Å²) >= 11 is 1.62. The predicted octanol–water partition coefficient (Wildman–Crippen LogP) is 5.71. The molecule has 0 heterocycles. The average Bonchev–Trinajstić information content (AvgIpc) is 3.27. The monoisotopic (exact) mass is 466 g/mol. The van der Waals surface area contributed by atoms with Crippen molar-refractivity contribution in [1.82, 2.24) is 10.2 Å². The highest BCUT2D eigenvalue weighted by molar-refractivity contribution is 7.99. The zero-order valence-electron chi connectivity index (χ0n) is 20.5. The van der Waals surface area contributed by atoms with Crippen LogP contribution in [0.25, 0.3) is 0 Å². The molecule has 2 aromatic rings. The minimum absolute atomic E-state index is 0.00866. The van der Waals surface area contributed by atoms with Crippen molar-refractivity contribution in [3.8, 4) is 0 Å². The molecule has 0 aromatic heterocycles. The van der Waals surface area contributed by atoms with Gasteiger partial charge in [0, 0.05) is 18.3 Å². The van der Waals surface area contributed by atoms with Gasteiger partial charge in [0.2, 0.25) is 11.8 Å².